The molecule has 0 aliphatic heterocycles. The molecule has 1 aliphatic rings. The van der Waals surface area contributed by atoms with Crippen molar-refractivity contribution in [1.82, 2.24) is 4.98 Å². The lowest BCUT2D eigenvalue weighted by Gasteiger charge is -2.07. The van der Waals surface area contributed by atoms with Crippen molar-refractivity contribution in [2.24, 2.45) is 0 Å². The van der Waals surface area contributed by atoms with E-state index in [0.29, 0.717) is 11.0 Å². The van der Waals surface area contributed by atoms with Crippen molar-refractivity contribution >= 4 is 32.2 Å². The largest absolute Gasteiger partial charge is 0.398 e. The Hall–Kier alpha value is -1.67. The lowest BCUT2D eigenvalue weighted by molar-refractivity contribution is 0.600. The molecule has 3 rings (SSSR count). The van der Waals surface area contributed by atoms with Gasteiger partial charge in [-0.2, -0.15) is 0 Å². The van der Waals surface area contributed by atoms with Gasteiger partial charge in [-0.3, -0.25) is 4.72 Å². The minimum Gasteiger partial charge on any atom is -0.398 e. The Kier molecular flexibility index (Phi) is 3.14. The summed E-state index contributed by atoms with van der Waals surface area (Å²) >= 11 is 1.23. The molecule has 106 valence electrons. The van der Waals surface area contributed by atoms with Crippen molar-refractivity contribution in [2.45, 2.75) is 23.7 Å². The van der Waals surface area contributed by atoms with E-state index >= 15 is 0 Å². The maximum atomic E-state index is 13.0. The maximum Gasteiger partial charge on any atom is 0.265 e. The summed E-state index contributed by atoms with van der Waals surface area (Å²) in [6.07, 6.45) is 2.20. The summed E-state index contributed by atoms with van der Waals surface area (Å²) in [5.41, 5.74) is 6.34. The summed E-state index contributed by atoms with van der Waals surface area (Å²) in [4.78, 5) is 4.09. The van der Waals surface area contributed by atoms with E-state index in [-0.39, 0.29) is 10.6 Å². The van der Waals surface area contributed by atoms with Gasteiger partial charge in [-0.1, -0.05) is 0 Å². The molecule has 1 fully saturated rings. The van der Waals surface area contributed by atoms with Crippen LogP contribution in [0.3, 0.4) is 0 Å². The number of nitrogens with two attached hydrogens (primary N) is 1. The topological polar surface area (TPSA) is 85.1 Å². The second-order valence-electron chi connectivity index (χ2n) is 4.64. The van der Waals surface area contributed by atoms with E-state index in [1.54, 1.807) is 0 Å². The number of nitrogen functional groups attached to an aromatic ring is 1. The maximum absolute atomic E-state index is 13.0. The number of aromatic nitrogens is 1. The summed E-state index contributed by atoms with van der Waals surface area (Å²) in [5, 5.41) is 2.15. The van der Waals surface area contributed by atoms with Crippen LogP contribution in [-0.2, 0) is 10.0 Å². The van der Waals surface area contributed by atoms with Gasteiger partial charge in [0.25, 0.3) is 10.0 Å². The highest BCUT2D eigenvalue weighted by atomic mass is 32.2. The fourth-order valence-electron chi connectivity index (χ4n) is 1.83. The molecule has 0 unspecified atom stereocenters. The Morgan fingerprint density at radius 1 is 1.40 bits per heavy atom. The third-order valence-electron chi connectivity index (χ3n) is 3.00. The number of sulfonamides is 1. The van der Waals surface area contributed by atoms with E-state index in [2.05, 4.69) is 9.71 Å². The van der Waals surface area contributed by atoms with Gasteiger partial charge in [-0.25, -0.2) is 17.8 Å². The lowest BCUT2D eigenvalue weighted by atomic mass is 10.3. The van der Waals surface area contributed by atoms with Gasteiger partial charge in [0.1, 0.15) is 10.7 Å². The van der Waals surface area contributed by atoms with Crippen LogP contribution in [0.4, 0.5) is 15.2 Å². The average molecular weight is 313 g/mol. The standard InChI is InChI=1S/C12H12FN3O2S2/c13-8-3-4-11(9(14)5-8)20(17,18)16-12-15-10(6-19-12)7-1-2-7/h3-7H,1-2,14H2,(H,15,16). The van der Waals surface area contributed by atoms with E-state index < -0.39 is 15.8 Å². The number of nitrogens with one attached hydrogen (secondary N) is 1. The lowest BCUT2D eigenvalue weighted by Crippen LogP contribution is -2.14. The number of halogens is 1. The molecule has 1 aliphatic carbocycles. The molecule has 0 atom stereocenters. The Labute approximate surface area is 119 Å². The number of rotatable bonds is 4. The number of anilines is 2. The summed E-state index contributed by atoms with van der Waals surface area (Å²) in [7, 11) is -3.85. The van der Waals surface area contributed by atoms with E-state index in [1.807, 2.05) is 5.38 Å². The van der Waals surface area contributed by atoms with Crippen LogP contribution in [0, 0.1) is 5.82 Å². The Morgan fingerprint density at radius 3 is 2.80 bits per heavy atom. The van der Waals surface area contributed by atoms with Crippen molar-refractivity contribution < 1.29 is 12.8 Å². The van der Waals surface area contributed by atoms with E-state index in [1.165, 1.54) is 11.3 Å². The molecule has 0 radical (unpaired) electrons. The van der Waals surface area contributed by atoms with Gasteiger partial charge in [-0.05, 0) is 31.0 Å². The predicted molar refractivity (Wildman–Crippen MR) is 75.7 cm³/mol. The molecule has 1 saturated carbocycles. The van der Waals surface area contributed by atoms with Crippen LogP contribution in [-0.4, -0.2) is 13.4 Å². The predicted octanol–water partition coefficient (Wildman–Crippen LogP) is 2.54. The summed E-state index contributed by atoms with van der Waals surface area (Å²) in [6, 6.07) is 3.18. The minimum atomic E-state index is -3.85. The molecule has 0 amide bonds. The van der Waals surface area contributed by atoms with Crippen LogP contribution >= 0.6 is 11.3 Å². The molecule has 0 spiro atoms. The van der Waals surface area contributed by atoms with E-state index in [9.17, 15) is 12.8 Å². The van der Waals surface area contributed by atoms with Gasteiger partial charge in [0, 0.05) is 11.3 Å². The van der Waals surface area contributed by atoms with Gasteiger partial charge in [-0.15, -0.1) is 11.3 Å². The first-order valence-electron chi connectivity index (χ1n) is 5.99. The smallest absolute Gasteiger partial charge is 0.265 e. The fourth-order valence-corrected chi connectivity index (χ4v) is 3.99. The summed E-state index contributed by atoms with van der Waals surface area (Å²) in [6.45, 7) is 0. The number of benzene rings is 1. The van der Waals surface area contributed by atoms with Crippen molar-refractivity contribution in [3.8, 4) is 0 Å². The highest BCUT2D eigenvalue weighted by Gasteiger charge is 2.27. The average Bonchev–Trinajstić information content (AvgIpc) is 3.10. The molecule has 2 aromatic rings. The number of hydrogen-bond donors (Lipinski definition) is 2. The summed E-state index contributed by atoms with van der Waals surface area (Å²) < 4.78 is 39.7. The zero-order chi connectivity index (χ0) is 14.3. The van der Waals surface area contributed by atoms with Crippen LogP contribution in [0.15, 0.2) is 28.5 Å². The first-order chi connectivity index (χ1) is 9.45. The van der Waals surface area contributed by atoms with Crippen molar-refractivity contribution in [1.29, 1.82) is 0 Å². The van der Waals surface area contributed by atoms with Crippen LogP contribution in [0.2, 0.25) is 0 Å². The Bertz CT molecular complexity index is 754. The molecule has 8 heteroatoms. The Balaban J connectivity index is 1.87. The number of thiazole rings is 1. The minimum absolute atomic E-state index is 0.128. The van der Waals surface area contributed by atoms with Gasteiger partial charge < -0.3 is 5.73 Å². The van der Waals surface area contributed by atoms with Crippen LogP contribution in [0.5, 0.6) is 0 Å². The van der Waals surface area contributed by atoms with Crippen LogP contribution < -0.4 is 10.5 Å². The van der Waals surface area contributed by atoms with Crippen molar-refractivity contribution in [3.63, 3.8) is 0 Å². The first kappa shape index (κ1) is 13.3. The highest BCUT2D eigenvalue weighted by molar-refractivity contribution is 7.93. The summed E-state index contributed by atoms with van der Waals surface area (Å²) in [5.74, 6) is -0.118. The fraction of sp³-hybridized carbons (Fsp3) is 0.250. The molecule has 0 bridgehead atoms. The molecule has 1 heterocycles. The zero-order valence-electron chi connectivity index (χ0n) is 10.3. The SMILES string of the molecule is Nc1cc(F)ccc1S(=O)(=O)Nc1nc(C2CC2)cs1. The third-order valence-corrected chi connectivity index (χ3v) is 5.32. The molecule has 0 saturated heterocycles. The normalized spacial score (nSPS) is 15.2. The van der Waals surface area contributed by atoms with Gasteiger partial charge >= 0.3 is 0 Å². The molecule has 1 aromatic carbocycles. The number of nitrogens with zero attached hydrogens (tertiary/aromatic N) is 1. The monoisotopic (exact) mass is 313 g/mol. The molecule has 1 aromatic heterocycles. The van der Waals surface area contributed by atoms with Gasteiger partial charge in [0.2, 0.25) is 0 Å². The first-order valence-corrected chi connectivity index (χ1v) is 8.35. The third kappa shape index (κ3) is 2.61. The van der Waals surface area contributed by atoms with Crippen LogP contribution in [0.25, 0.3) is 0 Å². The van der Waals surface area contributed by atoms with E-state index in [0.717, 1.165) is 36.7 Å². The quantitative estimate of drug-likeness (QED) is 0.849. The molecular formula is C12H12FN3O2S2. The van der Waals surface area contributed by atoms with Crippen molar-refractivity contribution in [2.75, 3.05) is 10.5 Å². The molecular weight excluding hydrogens is 301 g/mol. The Morgan fingerprint density at radius 2 is 2.15 bits per heavy atom. The van der Waals surface area contributed by atoms with Crippen LogP contribution in [0.1, 0.15) is 24.5 Å². The number of hydrogen-bond acceptors (Lipinski definition) is 5. The zero-order valence-corrected chi connectivity index (χ0v) is 12.0. The molecule has 5 nitrogen and oxygen atoms in total. The van der Waals surface area contributed by atoms with Crippen molar-refractivity contribution in [3.05, 3.63) is 35.1 Å². The molecule has 20 heavy (non-hydrogen) atoms. The van der Waals surface area contributed by atoms with Gasteiger partial charge in [0.15, 0.2) is 5.13 Å². The second kappa shape index (κ2) is 4.71. The van der Waals surface area contributed by atoms with Gasteiger partial charge in [0.05, 0.1) is 11.4 Å². The van der Waals surface area contributed by atoms with E-state index in [4.69, 9.17) is 5.73 Å². The highest BCUT2D eigenvalue weighted by Crippen LogP contribution is 2.41. The molecule has 3 N–H and O–H groups in total. The second-order valence-corrected chi connectivity index (χ2v) is 7.15.